The van der Waals surface area contributed by atoms with Gasteiger partial charge < -0.3 is 10.2 Å². The molecule has 4 nitrogen and oxygen atoms in total. The lowest BCUT2D eigenvalue weighted by atomic mass is 9.86. The molecule has 0 bridgehead atoms. The number of fused-ring (bicyclic) bond motifs is 1. The minimum Gasteiger partial charge on any atom is -0.324 e. The van der Waals surface area contributed by atoms with Crippen LogP contribution in [0.15, 0.2) is 48.5 Å². The molecule has 0 unspecified atom stereocenters. The second kappa shape index (κ2) is 5.70. The van der Waals surface area contributed by atoms with E-state index in [0.29, 0.717) is 10.7 Å². The summed E-state index contributed by atoms with van der Waals surface area (Å²) in [6.45, 7) is 3.73. The molecule has 1 N–H and O–H groups in total. The van der Waals surface area contributed by atoms with Crippen molar-refractivity contribution in [2.24, 2.45) is 0 Å². The Labute approximate surface area is 140 Å². The SMILES string of the molecule is CC1(C)C(=O)N(CC(=O)Nc2cccc(Cl)c2)c2ccccc21. The van der Waals surface area contributed by atoms with Gasteiger partial charge in [-0.15, -0.1) is 0 Å². The van der Waals surface area contributed by atoms with Crippen LogP contribution in [-0.4, -0.2) is 18.4 Å². The quantitative estimate of drug-likeness (QED) is 0.935. The predicted molar refractivity (Wildman–Crippen MR) is 91.9 cm³/mol. The number of benzene rings is 2. The van der Waals surface area contributed by atoms with E-state index in [9.17, 15) is 9.59 Å². The van der Waals surface area contributed by atoms with Crippen LogP contribution < -0.4 is 10.2 Å². The number of rotatable bonds is 3. The topological polar surface area (TPSA) is 49.4 Å². The lowest BCUT2D eigenvalue weighted by molar-refractivity contribution is -0.124. The Morgan fingerprint density at radius 3 is 2.65 bits per heavy atom. The van der Waals surface area contributed by atoms with Crippen LogP contribution in [-0.2, 0) is 15.0 Å². The number of nitrogens with zero attached hydrogens (tertiary/aromatic N) is 1. The molecule has 0 saturated carbocycles. The number of carbonyl (C=O) groups excluding carboxylic acids is 2. The molecule has 1 aliphatic rings. The number of nitrogens with one attached hydrogen (secondary N) is 1. The zero-order valence-corrected chi connectivity index (χ0v) is 13.7. The minimum atomic E-state index is -0.618. The van der Waals surface area contributed by atoms with E-state index in [4.69, 9.17) is 11.6 Å². The number of hydrogen-bond acceptors (Lipinski definition) is 2. The molecule has 0 spiro atoms. The number of halogens is 1. The van der Waals surface area contributed by atoms with Crippen LogP contribution in [0.4, 0.5) is 11.4 Å². The molecule has 0 fully saturated rings. The van der Waals surface area contributed by atoms with E-state index < -0.39 is 5.41 Å². The summed E-state index contributed by atoms with van der Waals surface area (Å²) in [5.41, 5.74) is 1.73. The van der Waals surface area contributed by atoms with Gasteiger partial charge in [0, 0.05) is 16.4 Å². The van der Waals surface area contributed by atoms with Crippen molar-refractivity contribution in [1.82, 2.24) is 0 Å². The molecule has 2 amide bonds. The van der Waals surface area contributed by atoms with Crippen molar-refractivity contribution < 1.29 is 9.59 Å². The molecule has 3 rings (SSSR count). The van der Waals surface area contributed by atoms with E-state index in [-0.39, 0.29) is 18.4 Å². The first-order valence-electron chi connectivity index (χ1n) is 7.36. The van der Waals surface area contributed by atoms with Crippen LogP contribution in [0.1, 0.15) is 19.4 Å². The van der Waals surface area contributed by atoms with Crippen molar-refractivity contribution in [3.8, 4) is 0 Å². The van der Waals surface area contributed by atoms with E-state index >= 15 is 0 Å². The minimum absolute atomic E-state index is 0.0220. The summed E-state index contributed by atoms with van der Waals surface area (Å²) in [7, 11) is 0. The van der Waals surface area contributed by atoms with Crippen LogP contribution >= 0.6 is 11.6 Å². The fourth-order valence-electron chi connectivity index (χ4n) is 2.87. The third-order valence-electron chi connectivity index (χ3n) is 4.06. The summed E-state index contributed by atoms with van der Waals surface area (Å²) < 4.78 is 0. The number of amides is 2. The van der Waals surface area contributed by atoms with E-state index in [0.717, 1.165) is 11.3 Å². The first kappa shape index (κ1) is 15.6. The molecule has 0 radical (unpaired) electrons. The molecule has 23 heavy (non-hydrogen) atoms. The number of hydrogen-bond donors (Lipinski definition) is 1. The Kier molecular flexibility index (Phi) is 3.86. The van der Waals surface area contributed by atoms with Crippen LogP contribution in [0.5, 0.6) is 0 Å². The van der Waals surface area contributed by atoms with Gasteiger partial charge in [-0.3, -0.25) is 9.59 Å². The second-order valence-electron chi connectivity index (χ2n) is 6.09. The van der Waals surface area contributed by atoms with E-state index in [2.05, 4.69) is 5.32 Å². The largest absolute Gasteiger partial charge is 0.324 e. The average molecular weight is 329 g/mol. The van der Waals surface area contributed by atoms with Crippen molar-refractivity contribution in [3.63, 3.8) is 0 Å². The third kappa shape index (κ3) is 2.82. The molecule has 0 aliphatic carbocycles. The molecular formula is C18H17ClN2O2. The molecule has 5 heteroatoms. The summed E-state index contributed by atoms with van der Waals surface area (Å²) in [6.07, 6.45) is 0. The number of anilines is 2. The zero-order valence-electron chi connectivity index (χ0n) is 13.0. The number of carbonyl (C=O) groups is 2. The lowest BCUT2D eigenvalue weighted by Gasteiger charge is -2.20. The summed E-state index contributed by atoms with van der Waals surface area (Å²) in [5.74, 6) is -0.326. The maximum atomic E-state index is 12.7. The summed E-state index contributed by atoms with van der Waals surface area (Å²) >= 11 is 5.91. The fourth-order valence-corrected chi connectivity index (χ4v) is 3.06. The maximum Gasteiger partial charge on any atom is 0.244 e. The fraction of sp³-hybridized carbons (Fsp3) is 0.222. The average Bonchev–Trinajstić information content (AvgIpc) is 2.69. The molecule has 0 saturated heterocycles. The van der Waals surface area contributed by atoms with Crippen LogP contribution in [0.2, 0.25) is 5.02 Å². The van der Waals surface area contributed by atoms with Gasteiger partial charge in [-0.25, -0.2) is 0 Å². The van der Waals surface area contributed by atoms with Gasteiger partial charge in [0.2, 0.25) is 11.8 Å². The van der Waals surface area contributed by atoms with Gasteiger partial charge in [0.15, 0.2) is 0 Å². The highest BCUT2D eigenvalue weighted by Gasteiger charge is 2.44. The molecule has 1 heterocycles. The van der Waals surface area contributed by atoms with Crippen LogP contribution in [0.25, 0.3) is 0 Å². The molecule has 1 aliphatic heterocycles. The van der Waals surface area contributed by atoms with Crippen LogP contribution in [0, 0.1) is 0 Å². The van der Waals surface area contributed by atoms with Crippen molar-refractivity contribution in [1.29, 1.82) is 0 Å². The van der Waals surface area contributed by atoms with E-state index in [1.165, 1.54) is 4.90 Å². The Morgan fingerprint density at radius 2 is 1.91 bits per heavy atom. The van der Waals surface area contributed by atoms with Crippen molar-refractivity contribution in [2.45, 2.75) is 19.3 Å². The van der Waals surface area contributed by atoms with E-state index in [1.54, 1.807) is 24.3 Å². The summed E-state index contributed by atoms with van der Waals surface area (Å²) in [5, 5.41) is 3.32. The van der Waals surface area contributed by atoms with Gasteiger partial charge in [-0.05, 0) is 43.7 Å². The van der Waals surface area contributed by atoms with Gasteiger partial charge in [0.25, 0.3) is 0 Å². The highest BCUT2D eigenvalue weighted by molar-refractivity contribution is 6.30. The van der Waals surface area contributed by atoms with Crippen molar-refractivity contribution in [2.75, 3.05) is 16.8 Å². The highest BCUT2D eigenvalue weighted by atomic mass is 35.5. The Bertz CT molecular complexity index is 786. The Balaban J connectivity index is 1.80. The molecule has 118 valence electrons. The monoisotopic (exact) mass is 328 g/mol. The third-order valence-corrected chi connectivity index (χ3v) is 4.29. The molecule has 0 atom stereocenters. The van der Waals surface area contributed by atoms with Gasteiger partial charge in [-0.2, -0.15) is 0 Å². The Morgan fingerprint density at radius 1 is 1.17 bits per heavy atom. The second-order valence-corrected chi connectivity index (χ2v) is 6.53. The molecular weight excluding hydrogens is 312 g/mol. The zero-order chi connectivity index (χ0) is 16.6. The first-order chi connectivity index (χ1) is 10.9. The van der Waals surface area contributed by atoms with Gasteiger partial charge in [0.1, 0.15) is 6.54 Å². The highest BCUT2D eigenvalue weighted by Crippen LogP contribution is 2.41. The van der Waals surface area contributed by atoms with Crippen LogP contribution in [0.3, 0.4) is 0 Å². The van der Waals surface area contributed by atoms with Gasteiger partial charge in [0.05, 0.1) is 5.41 Å². The standard InChI is InChI=1S/C18H17ClN2O2/c1-18(2)14-8-3-4-9-15(14)21(17(18)23)11-16(22)20-13-7-5-6-12(19)10-13/h3-10H,11H2,1-2H3,(H,20,22). The first-order valence-corrected chi connectivity index (χ1v) is 7.74. The maximum absolute atomic E-state index is 12.7. The van der Waals surface area contributed by atoms with Gasteiger partial charge >= 0.3 is 0 Å². The Hall–Kier alpha value is -2.33. The predicted octanol–water partition coefficient (Wildman–Crippen LogP) is 3.60. The summed E-state index contributed by atoms with van der Waals surface area (Å²) in [4.78, 5) is 26.5. The molecule has 2 aromatic rings. The smallest absolute Gasteiger partial charge is 0.244 e. The lowest BCUT2D eigenvalue weighted by Crippen LogP contribution is -2.40. The molecule has 0 aromatic heterocycles. The van der Waals surface area contributed by atoms with Gasteiger partial charge in [-0.1, -0.05) is 35.9 Å². The normalized spacial score (nSPS) is 15.4. The van der Waals surface area contributed by atoms with E-state index in [1.807, 2.05) is 38.1 Å². The number of para-hydroxylation sites is 1. The molecule has 2 aromatic carbocycles. The summed E-state index contributed by atoms with van der Waals surface area (Å²) in [6, 6.07) is 14.5. The van der Waals surface area contributed by atoms with Crippen molar-refractivity contribution in [3.05, 3.63) is 59.1 Å². The van der Waals surface area contributed by atoms with Crippen molar-refractivity contribution >= 4 is 34.8 Å².